The van der Waals surface area contributed by atoms with E-state index in [0.29, 0.717) is 13.2 Å². The Morgan fingerprint density at radius 3 is 2.95 bits per heavy atom. The number of rotatable bonds is 0. The number of nitrogens with zero attached hydrogens (tertiary/aromatic N) is 2. The molecule has 3 rings (SSSR count). The molecular formula is C12H13BrN2O4. The number of ether oxygens (including phenoxy) is 1. The molecule has 7 heteroatoms. The highest BCUT2D eigenvalue weighted by Gasteiger charge is 2.40. The van der Waals surface area contributed by atoms with Crippen LogP contribution in [0.15, 0.2) is 15.5 Å². The van der Waals surface area contributed by atoms with Crippen molar-refractivity contribution in [2.45, 2.75) is 32.2 Å². The van der Waals surface area contributed by atoms with Crippen LogP contribution in [0.2, 0.25) is 0 Å². The summed E-state index contributed by atoms with van der Waals surface area (Å²) in [6.07, 6.45) is 1.94. The second-order valence-electron chi connectivity index (χ2n) is 4.83. The summed E-state index contributed by atoms with van der Waals surface area (Å²) in [5, 5.41) is 9.92. The first-order valence-corrected chi connectivity index (χ1v) is 6.86. The summed E-state index contributed by atoms with van der Waals surface area (Å²) in [4.78, 5) is 25.8. The Hall–Kier alpha value is -1.34. The molecule has 1 aromatic heterocycles. The molecule has 102 valence electrons. The van der Waals surface area contributed by atoms with Crippen LogP contribution in [0.1, 0.15) is 23.8 Å². The minimum Gasteiger partial charge on any atom is -0.503 e. The maximum Gasteiger partial charge on any atom is 0.276 e. The van der Waals surface area contributed by atoms with Crippen LogP contribution in [0, 0.1) is 0 Å². The number of aromatic hydroxyl groups is 1. The first-order valence-electron chi connectivity index (χ1n) is 6.07. The molecule has 0 saturated carbocycles. The normalized spacial score (nSPS) is 26.0. The van der Waals surface area contributed by atoms with Crippen LogP contribution >= 0.6 is 15.9 Å². The van der Waals surface area contributed by atoms with E-state index in [-0.39, 0.29) is 28.3 Å². The maximum atomic E-state index is 12.5. The standard InChI is InChI=1S/C12H13BrN2O4/c1-6-2-3-19-8-5-14-4-7(13)10(16)11(17)9(14)12(18)15(6)8/h4,6,8,17H,2-3,5H2,1H3/t6-,8+/m1/s1. The molecule has 1 amide bonds. The van der Waals surface area contributed by atoms with E-state index < -0.39 is 11.2 Å². The summed E-state index contributed by atoms with van der Waals surface area (Å²) >= 11 is 3.09. The third-order valence-corrected chi connectivity index (χ3v) is 4.20. The monoisotopic (exact) mass is 328 g/mol. The molecule has 3 heterocycles. The van der Waals surface area contributed by atoms with Gasteiger partial charge in [0.1, 0.15) is 0 Å². The summed E-state index contributed by atoms with van der Waals surface area (Å²) in [5.41, 5.74) is -0.523. The van der Waals surface area contributed by atoms with Gasteiger partial charge in [-0.05, 0) is 29.3 Å². The molecule has 2 aliphatic rings. The SMILES string of the molecule is C[C@@H]1CCO[C@H]2Cn3cc(Br)c(=O)c(O)c3C(=O)N12. The molecule has 0 bridgehead atoms. The third kappa shape index (κ3) is 1.80. The van der Waals surface area contributed by atoms with Crippen molar-refractivity contribution in [2.24, 2.45) is 0 Å². The molecule has 6 nitrogen and oxygen atoms in total. The number of carbonyl (C=O) groups is 1. The molecule has 19 heavy (non-hydrogen) atoms. The molecule has 0 unspecified atom stereocenters. The number of halogens is 1. The second-order valence-corrected chi connectivity index (χ2v) is 5.69. The smallest absolute Gasteiger partial charge is 0.276 e. The zero-order valence-corrected chi connectivity index (χ0v) is 11.9. The van der Waals surface area contributed by atoms with Gasteiger partial charge in [0.25, 0.3) is 5.91 Å². The maximum absolute atomic E-state index is 12.5. The van der Waals surface area contributed by atoms with Crippen LogP contribution in [0.4, 0.5) is 0 Å². The van der Waals surface area contributed by atoms with E-state index in [0.717, 1.165) is 6.42 Å². The Morgan fingerprint density at radius 1 is 1.47 bits per heavy atom. The van der Waals surface area contributed by atoms with Gasteiger partial charge in [-0.1, -0.05) is 0 Å². The van der Waals surface area contributed by atoms with Crippen LogP contribution in [-0.2, 0) is 11.3 Å². The number of hydrogen-bond donors (Lipinski definition) is 1. The van der Waals surface area contributed by atoms with Crippen LogP contribution in [0.25, 0.3) is 0 Å². The molecule has 0 aliphatic carbocycles. The summed E-state index contributed by atoms with van der Waals surface area (Å²) in [6, 6.07) is 0.0400. The predicted molar refractivity (Wildman–Crippen MR) is 70.1 cm³/mol. The summed E-state index contributed by atoms with van der Waals surface area (Å²) in [5.74, 6) is -0.860. The molecule has 0 radical (unpaired) electrons. The average Bonchev–Trinajstić information content (AvgIpc) is 2.35. The molecule has 1 fully saturated rings. The molecule has 1 aromatic rings. The highest BCUT2D eigenvalue weighted by Crippen LogP contribution is 2.29. The fourth-order valence-electron chi connectivity index (χ4n) is 2.62. The number of carbonyl (C=O) groups excluding carboxylic acids is 1. The Balaban J connectivity index is 2.16. The Kier molecular flexibility index (Phi) is 2.90. The van der Waals surface area contributed by atoms with Gasteiger partial charge < -0.3 is 19.3 Å². The lowest BCUT2D eigenvalue weighted by molar-refractivity contribution is -0.112. The molecule has 1 N–H and O–H groups in total. The van der Waals surface area contributed by atoms with E-state index >= 15 is 0 Å². The van der Waals surface area contributed by atoms with Gasteiger partial charge in [-0.2, -0.15) is 0 Å². The lowest BCUT2D eigenvalue weighted by Gasteiger charge is -2.44. The van der Waals surface area contributed by atoms with Gasteiger partial charge in [-0.3, -0.25) is 9.59 Å². The van der Waals surface area contributed by atoms with Crippen LogP contribution in [-0.4, -0.2) is 39.4 Å². The van der Waals surface area contributed by atoms with Gasteiger partial charge in [-0.15, -0.1) is 0 Å². The lowest BCUT2D eigenvalue weighted by Crippen LogP contribution is -2.56. The van der Waals surface area contributed by atoms with E-state index in [2.05, 4.69) is 15.9 Å². The second kappa shape index (κ2) is 4.35. The van der Waals surface area contributed by atoms with Gasteiger partial charge in [0.05, 0.1) is 17.6 Å². The predicted octanol–water partition coefficient (Wildman–Crippen LogP) is 0.907. The molecule has 2 atom stereocenters. The lowest BCUT2D eigenvalue weighted by atomic mass is 10.1. The molecule has 0 spiro atoms. The average molecular weight is 329 g/mol. The number of hydrogen-bond acceptors (Lipinski definition) is 4. The first-order chi connectivity index (χ1) is 9.00. The first kappa shape index (κ1) is 12.7. The van der Waals surface area contributed by atoms with E-state index in [4.69, 9.17) is 4.74 Å². The number of pyridine rings is 1. The summed E-state index contributed by atoms with van der Waals surface area (Å²) < 4.78 is 7.41. The van der Waals surface area contributed by atoms with Crippen molar-refractivity contribution in [1.82, 2.24) is 9.47 Å². The Morgan fingerprint density at radius 2 is 2.21 bits per heavy atom. The third-order valence-electron chi connectivity index (χ3n) is 3.63. The summed E-state index contributed by atoms with van der Waals surface area (Å²) in [7, 11) is 0. The summed E-state index contributed by atoms with van der Waals surface area (Å²) in [6.45, 7) is 2.97. The molecule has 0 aromatic carbocycles. The van der Waals surface area contributed by atoms with Crippen molar-refractivity contribution in [3.05, 3.63) is 26.6 Å². The highest BCUT2D eigenvalue weighted by atomic mass is 79.9. The zero-order valence-electron chi connectivity index (χ0n) is 10.3. The quantitative estimate of drug-likeness (QED) is 0.768. The van der Waals surface area contributed by atoms with Gasteiger partial charge in [0.15, 0.2) is 17.7 Å². The number of fused-ring (bicyclic) bond motifs is 2. The minimum absolute atomic E-state index is 0.0400. The van der Waals surface area contributed by atoms with Crippen LogP contribution in [0.5, 0.6) is 5.75 Å². The van der Waals surface area contributed by atoms with E-state index in [1.54, 1.807) is 9.47 Å². The Bertz CT molecular complexity index is 612. The highest BCUT2D eigenvalue weighted by molar-refractivity contribution is 9.10. The minimum atomic E-state index is -0.566. The molecule has 2 aliphatic heterocycles. The van der Waals surface area contributed by atoms with Gasteiger partial charge in [0, 0.05) is 12.2 Å². The van der Waals surface area contributed by atoms with Crippen molar-refractivity contribution in [3.8, 4) is 5.75 Å². The fraction of sp³-hybridized carbons (Fsp3) is 0.500. The van der Waals surface area contributed by atoms with Gasteiger partial charge in [-0.25, -0.2) is 0 Å². The van der Waals surface area contributed by atoms with Crippen LogP contribution < -0.4 is 5.43 Å². The van der Waals surface area contributed by atoms with Crippen molar-refractivity contribution in [3.63, 3.8) is 0 Å². The van der Waals surface area contributed by atoms with Crippen molar-refractivity contribution in [1.29, 1.82) is 0 Å². The number of amides is 1. The topological polar surface area (TPSA) is 71.8 Å². The molecule has 1 saturated heterocycles. The van der Waals surface area contributed by atoms with Crippen molar-refractivity contribution >= 4 is 21.8 Å². The number of aromatic nitrogens is 1. The molecular weight excluding hydrogens is 316 g/mol. The van der Waals surface area contributed by atoms with Crippen LogP contribution in [0.3, 0.4) is 0 Å². The van der Waals surface area contributed by atoms with E-state index in [1.165, 1.54) is 6.20 Å². The van der Waals surface area contributed by atoms with Crippen molar-refractivity contribution < 1.29 is 14.6 Å². The largest absolute Gasteiger partial charge is 0.503 e. The van der Waals surface area contributed by atoms with Gasteiger partial charge >= 0.3 is 0 Å². The van der Waals surface area contributed by atoms with Gasteiger partial charge in [0.2, 0.25) is 5.43 Å². The fourth-order valence-corrected chi connectivity index (χ4v) is 3.06. The zero-order chi connectivity index (χ0) is 13.7. The van der Waals surface area contributed by atoms with Crippen molar-refractivity contribution in [2.75, 3.05) is 6.61 Å². The van der Waals surface area contributed by atoms with E-state index in [1.807, 2.05) is 6.92 Å². The van der Waals surface area contributed by atoms with E-state index in [9.17, 15) is 14.7 Å². The Labute approximate surface area is 117 Å².